The van der Waals surface area contributed by atoms with E-state index in [1.165, 1.54) is 24.3 Å². The van der Waals surface area contributed by atoms with Crippen LogP contribution >= 0.6 is 0 Å². The van der Waals surface area contributed by atoms with Gasteiger partial charge in [-0.15, -0.1) is 0 Å². The lowest BCUT2D eigenvalue weighted by molar-refractivity contribution is -0.192. The van der Waals surface area contributed by atoms with Gasteiger partial charge in [0.1, 0.15) is 5.82 Å². The van der Waals surface area contributed by atoms with Gasteiger partial charge < -0.3 is 15.3 Å². The van der Waals surface area contributed by atoms with Crippen molar-refractivity contribution in [3.63, 3.8) is 0 Å². The molecule has 0 aromatic heterocycles. The normalized spacial score (nSPS) is 18.3. The molecule has 2 heterocycles. The number of hydrogen-bond acceptors (Lipinski definition) is 4. The molecule has 1 aromatic rings. The maximum atomic E-state index is 13.0. The maximum absolute atomic E-state index is 13.0. The second-order valence-electron chi connectivity index (χ2n) is 7.52. The molecule has 0 aliphatic carbocycles. The van der Waals surface area contributed by atoms with Gasteiger partial charge in [0.2, 0.25) is 5.91 Å². The Hall–Kier alpha value is -2.69. The Balaban J connectivity index is 0.000000423. The number of carboxylic acids is 1. The zero-order chi connectivity index (χ0) is 23.2. The Morgan fingerprint density at radius 3 is 2.10 bits per heavy atom. The molecule has 0 radical (unpaired) electrons. The van der Waals surface area contributed by atoms with Gasteiger partial charge in [0, 0.05) is 31.2 Å². The number of piperidine rings is 1. The third kappa shape index (κ3) is 6.39. The average Bonchev–Trinajstić information content (AvgIpc) is 3.09. The molecule has 2 aliphatic heterocycles. The van der Waals surface area contributed by atoms with Crippen molar-refractivity contribution in [2.45, 2.75) is 37.4 Å². The maximum Gasteiger partial charge on any atom is 0.490 e. The summed E-state index contributed by atoms with van der Waals surface area (Å²) in [5.74, 6) is -3.09. The van der Waals surface area contributed by atoms with Crippen LogP contribution in [0.15, 0.2) is 24.3 Å². The van der Waals surface area contributed by atoms with Gasteiger partial charge in [-0.3, -0.25) is 14.5 Å². The van der Waals surface area contributed by atoms with E-state index in [1.54, 1.807) is 7.05 Å². The van der Waals surface area contributed by atoms with Gasteiger partial charge in [-0.25, -0.2) is 9.18 Å². The van der Waals surface area contributed by atoms with E-state index >= 15 is 0 Å². The van der Waals surface area contributed by atoms with Crippen molar-refractivity contribution in [3.8, 4) is 0 Å². The SMILES string of the molecule is CNC(=O)CN1CCCC12CCN(C(=O)c1ccc(F)cc1)CC2.O=C(O)C(F)(F)F. The second-order valence-corrected chi connectivity index (χ2v) is 7.52. The number of carbonyl (C=O) groups is 3. The molecule has 2 aliphatic rings. The van der Waals surface area contributed by atoms with E-state index in [9.17, 15) is 27.2 Å². The van der Waals surface area contributed by atoms with Gasteiger partial charge in [0.05, 0.1) is 6.54 Å². The number of halogens is 4. The molecule has 2 N–H and O–H groups in total. The summed E-state index contributed by atoms with van der Waals surface area (Å²) in [6, 6.07) is 5.71. The monoisotopic (exact) mass is 447 g/mol. The number of aliphatic carboxylic acids is 1. The molecule has 2 amide bonds. The lowest BCUT2D eigenvalue weighted by Crippen LogP contribution is -2.55. The molecule has 0 unspecified atom stereocenters. The highest BCUT2D eigenvalue weighted by atomic mass is 19.4. The average molecular weight is 447 g/mol. The minimum absolute atomic E-state index is 0.0410. The number of alkyl halides is 3. The Morgan fingerprint density at radius 1 is 1.06 bits per heavy atom. The van der Waals surface area contributed by atoms with E-state index in [-0.39, 0.29) is 23.2 Å². The number of carbonyl (C=O) groups excluding carboxylic acids is 2. The van der Waals surface area contributed by atoms with Crippen molar-refractivity contribution >= 4 is 17.8 Å². The Morgan fingerprint density at radius 2 is 1.61 bits per heavy atom. The van der Waals surface area contributed by atoms with Crippen molar-refractivity contribution < 1.29 is 37.1 Å². The summed E-state index contributed by atoms with van der Waals surface area (Å²) < 4.78 is 44.7. The van der Waals surface area contributed by atoms with Gasteiger partial charge in [0.25, 0.3) is 5.91 Å². The summed E-state index contributed by atoms with van der Waals surface area (Å²) in [4.78, 5) is 37.3. The second kappa shape index (κ2) is 10.1. The van der Waals surface area contributed by atoms with Crippen molar-refractivity contribution in [2.75, 3.05) is 33.2 Å². The molecule has 1 aromatic carbocycles. The molecular weight excluding hydrogens is 422 g/mol. The molecule has 0 saturated carbocycles. The van der Waals surface area contributed by atoms with Crippen LogP contribution in [-0.2, 0) is 9.59 Å². The van der Waals surface area contributed by atoms with E-state index < -0.39 is 12.1 Å². The molecule has 3 rings (SSSR count). The van der Waals surface area contributed by atoms with E-state index in [0.717, 1.165) is 32.2 Å². The molecule has 2 saturated heterocycles. The molecule has 31 heavy (non-hydrogen) atoms. The van der Waals surface area contributed by atoms with Crippen LogP contribution < -0.4 is 5.32 Å². The van der Waals surface area contributed by atoms with E-state index in [1.807, 2.05) is 4.90 Å². The number of nitrogens with one attached hydrogen (secondary N) is 1. The van der Waals surface area contributed by atoms with Gasteiger partial charge in [-0.05, 0) is 56.5 Å². The summed E-state index contributed by atoms with van der Waals surface area (Å²) in [7, 11) is 1.66. The topological polar surface area (TPSA) is 90.0 Å². The Bertz CT molecular complexity index is 791. The molecule has 172 valence electrons. The van der Waals surface area contributed by atoms with Gasteiger partial charge >= 0.3 is 12.1 Å². The molecule has 0 atom stereocenters. The summed E-state index contributed by atoms with van der Waals surface area (Å²) >= 11 is 0. The Kier molecular flexibility index (Phi) is 7.99. The first-order valence-corrected chi connectivity index (χ1v) is 9.79. The lowest BCUT2D eigenvalue weighted by Gasteiger charge is -2.44. The Labute approximate surface area is 177 Å². The van der Waals surface area contributed by atoms with Crippen LogP contribution in [0.25, 0.3) is 0 Å². The van der Waals surface area contributed by atoms with Crippen LogP contribution in [0.4, 0.5) is 17.6 Å². The van der Waals surface area contributed by atoms with E-state index in [2.05, 4.69) is 10.2 Å². The van der Waals surface area contributed by atoms with Crippen LogP contribution in [0.3, 0.4) is 0 Å². The first-order chi connectivity index (χ1) is 14.5. The fraction of sp³-hybridized carbons (Fsp3) is 0.550. The highest BCUT2D eigenvalue weighted by Crippen LogP contribution is 2.38. The lowest BCUT2D eigenvalue weighted by atomic mass is 9.84. The fourth-order valence-corrected chi connectivity index (χ4v) is 3.96. The summed E-state index contributed by atoms with van der Waals surface area (Å²) in [6.07, 6.45) is -1.13. The molecule has 7 nitrogen and oxygen atoms in total. The molecular formula is C20H25F4N3O4. The number of nitrogens with zero attached hydrogens (tertiary/aromatic N) is 2. The summed E-state index contributed by atoms with van der Waals surface area (Å²) in [5, 5.41) is 9.82. The van der Waals surface area contributed by atoms with Crippen LogP contribution in [0.2, 0.25) is 0 Å². The smallest absolute Gasteiger partial charge is 0.475 e. The van der Waals surface area contributed by atoms with Gasteiger partial charge in [-0.2, -0.15) is 13.2 Å². The first-order valence-electron chi connectivity index (χ1n) is 9.79. The molecule has 1 spiro atoms. The number of carboxylic acid groups (broad SMARTS) is 1. The number of likely N-dealkylation sites (N-methyl/N-ethyl adjacent to an activating group) is 1. The van der Waals surface area contributed by atoms with Gasteiger partial charge in [-0.1, -0.05) is 0 Å². The van der Waals surface area contributed by atoms with Crippen LogP contribution in [0, 0.1) is 5.82 Å². The largest absolute Gasteiger partial charge is 0.490 e. The number of likely N-dealkylation sites (tertiary alicyclic amines) is 2. The van der Waals surface area contributed by atoms with Crippen molar-refractivity contribution in [1.29, 1.82) is 0 Å². The van der Waals surface area contributed by atoms with Crippen LogP contribution in [0.5, 0.6) is 0 Å². The third-order valence-corrected chi connectivity index (χ3v) is 5.67. The van der Waals surface area contributed by atoms with E-state index in [4.69, 9.17) is 9.90 Å². The molecule has 0 bridgehead atoms. The molecule has 11 heteroatoms. The summed E-state index contributed by atoms with van der Waals surface area (Å²) in [5.41, 5.74) is 0.576. The first kappa shape index (κ1) is 24.6. The third-order valence-electron chi connectivity index (χ3n) is 5.67. The predicted molar refractivity (Wildman–Crippen MR) is 103 cm³/mol. The number of rotatable bonds is 3. The van der Waals surface area contributed by atoms with Crippen LogP contribution in [-0.4, -0.2) is 77.6 Å². The number of benzene rings is 1. The van der Waals surface area contributed by atoms with Crippen LogP contribution in [0.1, 0.15) is 36.0 Å². The number of hydrogen-bond donors (Lipinski definition) is 2. The predicted octanol–water partition coefficient (Wildman–Crippen LogP) is 2.28. The minimum Gasteiger partial charge on any atom is -0.475 e. The zero-order valence-corrected chi connectivity index (χ0v) is 17.0. The van der Waals surface area contributed by atoms with Crippen molar-refractivity contribution in [2.24, 2.45) is 0 Å². The highest BCUT2D eigenvalue weighted by Gasteiger charge is 2.44. The van der Waals surface area contributed by atoms with Crippen molar-refractivity contribution in [3.05, 3.63) is 35.6 Å². The van der Waals surface area contributed by atoms with Crippen molar-refractivity contribution in [1.82, 2.24) is 15.1 Å². The number of amides is 2. The molecule has 2 fully saturated rings. The highest BCUT2D eigenvalue weighted by molar-refractivity contribution is 5.94. The minimum atomic E-state index is -5.08. The van der Waals surface area contributed by atoms with E-state index in [0.29, 0.717) is 25.2 Å². The zero-order valence-electron chi connectivity index (χ0n) is 17.0. The van der Waals surface area contributed by atoms with Gasteiger partial charge in [0.15, 0.2) is 0 Å². The fourth-order valence-electron chi connectivity index (χ4n) is 3.96. The summed E-state index contributed by atoms with van der Waals surface area (Å²) in [6.45, 7) is 2.74. The quantitative estimate of drug-likeness (QED) is 0.694. The standard InChI is InChI=1S/C18H24FN3O2.C2HF3O2/c1-20-16(23)13-22-10-2-7-18(22)8-11-21(12-9-18)17(24)14-3-5-15(19)6-4-14;3-2(4,5)1(6)7/h3-6H,2,7-13H2,1H3,(H,20,23);(H,6,7).